The second-order valence-corrected chi connectivity index (χ2v) is 7.63. The number of benzene rings is 2. The number of carbonyl (C=O) groups excluding carboxylic acids is 1. The van der Waals surface area contributed by atoms with Crippen LogP contribution in [0.2, 0.25) is 5.02 Å². The second-order valence-electron chi connectivity index (χ2n) is 7.22. The van der Waals surface area contributed by atoms with Crippen molar-refractivity contribution in [3.63, 3.8) is 0 Å². The number of allylic oxidation sites excluding steroid dienone is 1. The second kappa shape index (κ2) is 8.99. The fraction of sp³-hybridized carbons (Fsp3) is 0.174. The molecule has 3 rings (SSSR count). The van der Waals surface area contributed by atoms with Crippen LogP contribution in [0.25, 0.3) is 10.9 Å². The van der Waals surface area contributed by atoms with Crippen molar-refractivity contribution >= 4 is 34.1 Å². The van der Waals surface area contributed by atoms with Gasteiger partial charge in [0.1, 0.15) is 0 Å². The molecule has 2 aromatic carbocycles. The van der Waals surface area contributed by atoms with Crippen LogP contribution in [0.1, 0.15) is 35.3 Å². The van der Waals surface area contributed by atoms with Gasteiger partial charge in [-0.15, -0.1) is 0 Å². The van der Waals surface area contributed by atoms with E-state index >= 15 is 0 Å². The molecule has 1 heterocycles. The molecule has 6 heteroatoms. The summed E-state index contributed by atoms with van der Waals surface area (Å²) >= 11 is 6.35. The molecule has 0 atom stereocenters. The minimum Gasteiger partial charge on any atom is -0.300 e. The number of amides is 1. The van der Waals surface area contributed by atoms with Crippen molar-refractivity contribution in [1.29, 1.82) is 5.41 Å². The van der Waals surface area contributed by atoms with E-state index in [1.807, 2.05) is 62.5 Å². The lowest BCUT2D eigenvalue weighted by Crippen LogP contribution is -2.89. The first kappa shape index (κ1) is 20.7. The first-order chi connectivity index (χ1) is 13.8. The monoisotopic (exact) mass is 407 g/mol. The summed E-state index contributed by atoms with van der Waals surface area (Å²) in [5.74, 6) is 0.235. The summed E-state index contributed by atoms with van der Waals surface area (Å²) in [6.45, 7) is 6.00. The first-order valence-corrected chi connectivity index (χ1v) is 9.79. The first-order valence-electron chi connectivity index (χ1n) is 9.42. The Morgan fingerprint density at radius 2 is 1.93 bits per heavy atom. The lowest BCUT2D eigenvalue weighted by atomic mass is 10.0. The molecule has 0 spiro atoms. The molecule has 0 saturated carbocycles. The van der Waals surface area contributed by atoms with E-state index in [2.05, 4.69) is 10.3 Å². The number of nitrogens with one attached hydrogen (secondary N) is 2. The van der Waals surface area contributed by atoms with Gasteiger partial charge in [-0.1, -0.05) is 41.9 Å². The van der Waals surface area contributed by atoms with Crippen LogP contribution in [-0.2, 0) is 0 Å². The summed E-state index contributed by atoms with van der Waals surface area (Å²) in [6.07, 6.45) is 3.35. The normalized spacial score (nSPS) is 11.7. The van der Waals surface area contributed by atoms with Crippen LogP contribution in [0.3, 0.4) is 0 Å². The standard InChI is InChI=1S/C23H23ClN4O/c1-14(2)27-22(13-20(25)17-9-5-4-7-15(17)3)28-23(29)18-12-21-16(11-19(18)24)8-6-10-26-21/h4-14,25,27H,1-3H3,(H,28,29)/p+1/b22-13+,25-20?. The Bertz CT molecular complexity index is 1100. The van der Waals surface area contributed by atoms with Gasteiger partial charge >= 0.3 is 0 Å². The van der Waals surface area contributed by atoms with Crippen molar-refractivity contribution in [3.05, 3.63) is 88.3 Å². The molecular formula is C23H24ClN4O+. The van der Waals surface area contributed by atoms with E-state index < -0.39 is 0 Å². The molecule has 1 amide bonds. The van der Waals surface area contributed by atoms with Crippen molar-refractivity contribution in [1.82, 2.24) is 10.3 Å². The fourth-order valence-corrected chi connectivity index (χ4v) is 3.32. The molecule has 4 N–H and O–H groups in total. The van der Waals surface area contributed by atoms with Crippen LogP contribution >= 0.6 is 11.6 Å². The minimum atomic E-state index is -0.330. The molecule has 1 aromatic heterocycles. The van der Waals surface area contributed by atoms with Crippen LogP contribution in [0, 0.1) is 12.3 Å². The Hall–Kier alpha value is -3.02. The maximum absolute atomic E-state index is 12.9. The number of fused-ring (bicyclic) bond motifs is 1. The third-order valence-electron chi connectivity index (χ3n) is 4.44. The molecule has 3 aromatic rings. The number of rotatable bonds is 6. The molecule has 0 aliphatic rings. The topological polar surface area (TPSA) is 82.5 Å². The smallest absolute Gasteiger partial charge is 0.261 e. The average Bonchev–Trinajstić information content (AvgIpc) is 2.67. The lowest BCUT2D eigenvalue weighted by Gasteiger charge is -2.12. The van der Waals surface area contributed by atoms with Gasteiger partial charge in [-0.2, -0.15) is 0 Å². The fourth-order valence-electron chi connectivity index (χ4n) is 3.06. The number of aryl methyl sites for hydroxylation is 1. The molecule has 0 fully saturated rings. The molecule has 0 saturated heterocycles. The number of quaternary nitrogens is 1. The predicted molar refractivity (Wildman–Crippen MR) is 117 cm³/mol. The number of nitrogens with two attached hydrogens (primary N) is 1. The van der Waals surface area contributed by atoms with Crippen molar-refractivity contribution in [2.45, 2.75) is 26.8 Å². The number of halogens is 1. The molecule has 0 aliphatic heterocycles. The maximum Gasteiger partial charge on any atom is 0.261 e. The Morgan fingerprint density at radius 3 is 2.66 bits per heavy atom. The van der Waals surface area contributed by atoms with E-state index in [0.29, 0.717) is 27.6 Å². The van der Waals surface area contributed by atoms with Crippen molar-refractivity contribution in [2.24, 2.45) is 0 Å². The quantitative estimate of drug-likeness (QED) is 0.543. The van der Waals surface area contributed by atoms with Crippen molar-refractivity contribution in [2.75, 3.05) is 0 Å². The molecule has 29 heavy (non-hydrogen) atoms. The van der Waals surface area contributed by atoms with E-state index in [9.17, 15) is 4.79 Å². The number of nitrogens with zero attached hydrogens (tertiary/aromatic N) is 1. The highest BCUT2D eigenvalue weighted by molar-refractivity contribution is 6.34. The van der Waals surface area contributed by atoms with Gasteiger partial charge in [0.15, 0.2) is 0 Å². The summed E-state index contributed by atoms with van der Waals surface area (Å²) in [6, 6.07) is 15.0. The van der Waals surface area contributed by atoms with E-state index in [4.69, 9.17) is 17.0 Å². The number of aromatic nitrogens is 1. The lowest BCUT2D eigenvalue weighted by molar-refractivity contribution is -0.639. The van der Waals surface area contributed by atoms with Gasteiger partial charge in [0.25, 0.3) is 5.91 Å². The highest BCUT2D eigenvalue weighted by Crippen LogP contribution is 2.22. The predicted octanol–water partition coefficient (Wildman–Crippen LogP) is 3.81. The van der Waals surface area contributed by atoms with Gasteiger partial charge in [0, 0.05) is 23.2 Å². The van der Waals surface area contributed by atoms with Crippen LogP contribution in [-0.4, -0.2) is 22.6 Å². The Labute approximate surface area is 175 Å². The van der Waals surface area contributed by atoms with Gasteiger partial charge in [-0.25, -0.2) is 0 Å². The van der Waals surface area contributed by atoms with E-state index in [0.717, 1.165) is 16.5 Å². The Balaban J connectivity index is 1.90. The van der Waals surface area contributed by atoms with E-state index in [1.165, 1.54) is 0 Å². The molecular weight excluding hydrogens is 384 g/mol. The zero-order valence-electron chi connectivity index (χ0n) is 16.7. The highest BCUT2D eigenvalue weighted by Gasteiger charge is 2.17. The van der Waals surface area contributed by atoms with E-state index in [1.54, 1.807) is 24.4 Å². The number of carbonyl (C=O) groups is 1. The Morgan fingerprint density at radius 1 is 1.17 bits per heavy atom. The highest BCUT2D eigenvalue weighted by atomic mass is 35.5. The number of hydrogen-bond acceptors (Lipinski definition) is 3. The van der Waals surface area contributed by atoms with E-state index in [-0.39, 0.29) is 11.9 Å². The van der Waals surface area contributed by atoms with Crippen LogP contribution in [0.5, 0.6) is 0 Å². The van der Waals surface area contributed by atoms with Gasteiger partial charge in [0.2, 0.25) is 5.82 Å². The zero-order valence-corrected chi connectivity index (χ0v) is 17.4. The molecule has 0 radical (unpaired) electrons. The average molecular weight is 408 g/mol. The molecule has 0 unspecified atom stereocenters. The van der Waals surface area contributed by atoms with Gasteiger partial charge in [-0.3, -0.25) is 25.8 Å². The van der Waals surface area contributed by atoms with Crippen molar-refractivity contribution < 1.29 is 10.1 Å². The summed E-state index contributed by atoms with van der Waals surface area (Å²) in [7, 11) is 0. The summed E-state index contributed by atoms with van der Waals surface area (Å²) in [5.41, 5.74) is 3.22. The Kier molecular flexibility index (Phi) is 6.42. The summed E-state index contributed by atoms with van der Waals surface area (Å²) in [4.78, 5) is 17.2. The largest absolute Gasteiger partial charge is 0.300 e. The number of hydrogen-bond donors (Lipinski definition) is 3. The molecule has 0 bridgehead atoms. The zero-order chi connectivity index (χ0) is 21.0. The molecule has 5 nitrogen and oxygen atoms in total. The number of pyridine rings is 1. The van der Waals surface area contributed by atoms with Gasteiger partial charge < -0.3 is 0 Å². The summed E-state index contributed by atoms with van der Waals surface area (Å²) in [5, 5.41) is 14.5. The van der Waals surface area contributed by atoms with Gasteiger partial charge in [-0.05, 0) is 44.5 Å². The molecule has 148 valence electrons. The third-order valence-corrected chi connectivity index (χ3v) is 4.75. The third kappa shape index (κ3) is 5.08. The SMILES string of the molecule is Cc1ccccc1C(=N)/C=C(/NC(=O)c1cc2ncccc2cc1Cl)[NH2+]C(C)C. The van der Waals surface area contributed by atoms with Crippen LogP contribution < -0.4 is 10.6 Å². The summed E-state index contributed by atoms with van der Waals surface area (Å²) < 4.78 is 0. The maximum atomic E-state index is 12.9. The van der Waals surface area contributed by atoms with Crippen LogP contribution in [0.4, 0.5) is 0 Å². The minimum absolute atomic E-state index is 0.194. The molecule has 0 aliphatic carbocycles. The van der Waals surface area contributed by atoms with Crippen LogP contribution in [0.15, 0.2) is 66.6 Å². The van der Waals surface area contributed by atoms with Crippen molar-refractivity contribution in [3.8, 4) is 0 Å². The van der Waals surface area contributed by atoms with Gasteiger partial charge in [0.05, 0.1) is 27.9 Å².